The monoisotopic (exact) mass is 178 g/mol. The Labute approximate surface area is 77.3 Å². The molecular weight excluding hydrogens is 167 g/mol. The first kappa shape index (κ1) is 9.96. The normalized spacial score (nSPS) is 12.2. The minimum Gasteiger partial charge on any atom is -0.449 e. The molecule has 0 radical (unpaired) electrons. The molecule has 1 unspecified atom stereocenters. The van der Waals surface area contributed by atoms with Gasteiger partial charge in [-0.3, -0.25) is 4.79 Å². The van der Waals surface area contributed by atoms with E-state index in [2.05, 4.69) is 0 Å². The minimum atomic E-state index is -0.665. The molecule has 0 aliphatic heterocycles. The van der Waals surface area contributed by atoms with Crippen molar-refractivity contribution in [3.63, 3.8) is 0 Å². The van der Waals surface area contributed by atoms with Gasteiger partial charge in [-0.05, 0) is 24.0 Å². The van der Waals surface area contributed by atoms with Crippen molar-refractivity contribution in [1.82, 2.24) is 0 Å². The van der Waals surface area contributed by atoms with Crippen molar-refractivity contribution < 1.29 is 14.9 Å². The van der Waals surface area contributed by atoms with Crippen LogP contribution >= 0.6 is 0 Å². The number of carbonyl (C=O) groups excluding carboxylic acids is 1. The summed E-state index contributed by atoms with van der Waals surface area (Å²) in [6, 6.07) is 4.85. The zero-order valence-corrected chi connectivity index (χ0v) is 7.40. The Hall–Kier alpha value is -1.13. The highest BCUT2D eigenvalue weighted by Crippen LogP contribution is 2.10. The Kier molecular flexibility index (Phi) is 3.22. The molecule has 0 aliphatic rings. The topological polar surface area (TPSA) is 57.5 Å². The van der Waals surface area contributed by atoms with Crippen LogP contribution in [0.5, 0.6) is 0 Å². The first-order valence-corrected chi connectivity index (χ1v) is 4.06. The van der Waals surface area contributed by atoms with Gasteiger partial charge in [0.15, 0.2) is 0 Å². The van der Waals surface area contributed by atoms with E-state index in [1.807, 2.05) is 0 Å². The number of aldehydes is 1. The minimum absolute atomic E-state index is 0.126. The van der Waals surface area contributed by atoms with Gasteiger partial charge < -0.3 is 10.1 Å². The van der Waals surface area contributed by atoms with Crippen molar-refractivity contribution in [3.8, 4) is 0 Å². The van der Waals surface area contributed by atoms with Crippen molar-refractivity contribution in [1.29, 1.82) is 0 Å². The number of rotatable bonds is 3. The Morgan fingerprint density at radius 3 is 2.69 bits per heavy atom. The Balaban J connectivity index is 3.17. The van der Waals surface area contributed by atoms with Crippen LogP contribution in [0.25, 0.3) is 0 Å². The maximum absolute atomic E-state index is 10.4. The van der Waals surface area contributed by atoms with Gasteiger partial charge >= 0.3 is 7.48 Å². The van der Waals surface area contributed by atoms with Crippen molar-refractivity contribution in [2.75, 3.05) is 0 Å². The molecule has 0 aromatic heterocycles. The van der Waals surface area contributed by atoms with E-state index in [1.165, 1.54) is 0 Å². The van der Waals surface area contributed by atoms with Crippen LogP contribution in [-0.2, 0) is 0 Å². The van der Waals surface area contributed by atoms with E-state index in [0.717, 1.165) is 0 Å². The fourth-order valence-electron chi connectivity index (χ4n) is 1.22. The zero-order valence-electron chi connectivity index (χ0n) is 7.40. The van der Waals surface area contributed by atoms with Crippen molar-refractivity contribution in [2.45, 2.75) is 13.0 Å². The van der Waals surface area contributed by atoms with E-state index in [4.69, 9.17) is 5.02 Å². The molecule has 3 nitrogen and oxygen atoms in total. The quantitative estimate of drug-likeness (QED) is 0.485. The highest BCUT2D eigenvalue weighted by Gasteiger charge is 2.08. The maximum atomic E-state index is 10.4. The van der Waals surface area contributed by atoms with E-state index in [1.54, 1.807) is 25.1 Å². The number of carbonyl (C=O) groups is 1. The van der Waals surface area contributed by atoms with Crippen LogP contribution in [0.1, 0.15) is 28.9 Å². The molecule has 0 heterocycles. The Bertz CT molecular complexity index is 310. The van der Waals surface area contributed by atoms with Crippen molar-refractivity contribution in [3.05, 3.63) is 29.3 Å². The summed E-state index contributed by atoms with van der Waals surface area (Å²) < 4.78 is 0. The van der Waals surface area contributed by atoms with Gasteiger partial charge in [-0.2, -0.15) is 0 Å². The fraction of sp³-hybridized carbons (Fsp3) is 0.222. The maximum Gasteiger partial charge on any atom is 0.305 e. The SMILES string of the molecule is CC(O)c1cc(C=O)ccc1BO. The third kappa shape index (κ3) is 2.17. The van der Waals surface area contributed by atoms with Crippen molar-refractivity contribution >= 4 is 19.2 Å². The fourth-order valence-corrected chi connectivity index (χ4v) is 1.22. The van der Waals surface area contributed by atoms with E-state index in [-0.39, 0.29) is 7.48 Å². The second-order valence-electron chi connectivity index (χ2n) is 2.91. The molecule has 0 saturated heterocycles. The lowest BCUT2D eigenvalue weighted by Gasteiger charge is -2.09. The zero-order chi connectivity index (χ0) is 9.84. The first-order valence-electron chi connectivity index (χ1n) is 4.06. The molecule has 68 valence electrons. The average Bonchev–Trinajstić information content (AvgIpc) is 2.16. The summed E-state index contributed by atoms with van der Waals surface area (Å²) in [5.74, 6) is 0. The lowest BCUT2D eigenvalue weighted by Crippen LogP contribution is -2.20. The van der Waals surface area contributed by atoms with Gasteiger partial charge in [0, 0.05) is 5.56 Å². The molecular formula is C9H11BO3. The van der Waals surface area contributed by atoms with Crippen LogP contribution in [0.4, 0.5) is 0 Å². The first-order chi connectivity index (χ1) is 6.19. The second-order valence-corrected chi connectivity index (χ2v) is 2.91. The van der Waals surface area contributed by atoms with E-state index < -0.39 is 6.10 Å². The van der Waals surface area contributed by atoms with Gasteiger partial charge in [-0.15, -0.1) is 0 Å². The third-order valence-corrected chi connectivity index (χ3v) is 1.93. The Morgan fingerprint density at radius 2 is 2.23 bits per heavy atom. The van der Waals surface area contributed by atoms with Gasteiger partial charge in [-0.25, -0.2) is 0 Å². The lowest BCUT2D eigenvalue weighted by atomic mass is 9.82. The molecule has 0 bridgehead atoms. The second kappa shape index (κ2) is 4.21. The molecule has 13 heavy (non-hydrogen) atoms. The summed E-state index contributed by atoms with van der Waals surface area (Å²) >= 11 is 0. The van der Waals surface area contributed by atoms with Crippen LogP contribution in [-0.4, -0.2) is 23.9 Å². The summed E-state index contributed by atoms with van der Waals surface area (Å²) in [4.78, 5) is 10.4. The molecule has 0 aliphatic carbocycles. The number of aliphatic hydroxyl groups excluding tert-OH is 1. The predicted molar refractivity (Wildman–Crippen MR) is 51.5 cm³/mol. The van der Waals surface area contributed by atoms with Gasteiger partial charge in [0.1, 0.15) is 6.29 Å². The van der Waals surface area contributed by atoms with Crippen molar-refractivity contribution in [2.24, 2.45) is 0 Å². The molecule has 0 spiro atoms. The van der Waals surface area contributed by atoms with Crippen LogP contribution in [0.3, 0.4) is 0 Å². The molecule has 1 rings (SSSR count). The molecule has 0 fully saturated rings. The molecule has 1 aromatic carbocycles. The molecule has 1 atom stereocenters. The van der Waals surface area contributed by atoms with E-state index in [9.17, 15) is 9.90 Å². The van der Waals surface area contributed by atoms with Gasteiger partial charge in [-0.1, -0.05) is 12.1 Å². The average molecular weight is 178 g/mol. The molecule has 1 aromatic rings. The number of hydrogen-bond acceptors (Lipinski definition) is 3. The predicted octanol–water partition coefficient (Wildman–Crippen LogP) is -0.478. The van der Waals surface area contributed by atoms with Crippen LogP contribution in [0.2, 0.25) is 0 Å². The van der Waals surface area contributed by atoms with Gasteiger partial charge in [0.25, 0.3) is 0 Å². The van der Waals surface area contributed by atoms with E-state index >= 15 is 0 Å². The summed E-state index contributed by atoms with van der Waals surface area (Å²) in [6.45, 7) is 1.60. The van der Waals surface area contributed by atoms with Gasteiger partial charge in [0.05, 0.1) is 6.10 Å². The van der Waals surface area contributed by atoms with Gasteiger partial charge in [0.2, 0.25) is 0 Å². The van der Waals surface area contributed by atoms with Crippen LogP contribution < -0.4 is 5.46 Å². The standard InChI is InChI=1S/C9H11BO3/c1-6(12)8-4-7(5-11)2-3-9(8)10-13/h2-6,10,12-13H,1H3. The highest BCUT2D eigenvalue weighted by atomic mass is 16.3. The molecule has 4 heteroatoms. The number of aliphatic hydroxyl groups is 1. The third-order valence-electron chi connectivity index (χ3n) is 1.93. The van der Waals surface area contributed by atoms with Crippen LogP contribution in [0, 0.1) is 0 Å². The summed E-state index contributed by atoms with van der Waals surface area (Å²) in [6.07, 6.45) is 0.0505. The highest BCUT2D eigenvalue weighted by molar-refractivity contribution is 6.46. The molecule has 0 saturated carbocycles. The largest absolute Gasteiger partial charge is 0.449 e. The summed E-state index contributed by atoms with van der Waals surface area (Å²) in [7, 11) is -0.126. The smallest absolute Gasteiger partial charge is 0.305 e. The molecule has 0 amide bonds. The number of hydrogen-bond donors (Lipinski definition) is 2. The van der Waals surface area contributed by atoms with E-state index in [0.29, 0.717) is 22.9 Å². The molecule has 2 N–H and O–H groups in total. The number of benzene rings is 1. The summed E-state index contributed by atoms with van der Waals surface area (Å²) in [5, 5.41) is 18.3. The summed E-state index contributed by atoms with van der Waals surface area (Å²) in [5.41, 5.74) is 1.76. The Morgan fingerprint density at radius 1 is 1.54 bits per heavy atom. The van der Waals surface area contributed by atoms with Crippen LogP contribution in [0.15, 0.2) is 18.2 Å². The lowest BCUT2D eigenvalue weighted by molar-refractivity contribution is 0.112.